The Bertz CT molecular complexity index is 601. The van der Waals surface area contributed by atoms with Crippen molar-refractivity contribution in [1.82, 2.24) is 10.9 Å². The van der Waals surface area contributed by atoms with Gasteiger partial charge < -0.3 is 0 Å². The highest BCUT2D eigenvalue weighted by atomic mass is 32.1. The fourth-order valence-electron chi connectivity index (χ4n) is 1.92. The molecular formula is C15H16N2O2S. The number of aryl methyl sites for hydroxylation is 2. The van der Waals surface area contributed by atoms with E-state index in [1.165, 1.54) is 11.3 Å². The third-order valence-electron chi connectivity index (χ3n) is 2.71. The number of hydrogen-bond acceptors (Lipinski definition) is 3. The van der Waals surface area contributed by atoms with Crippen LogP contribution in [0, 0.1) is 13.8 Å². The summed E-state index contributed by atoms with van der Waals surface area (Å²) in [5.41, 5.74) is 7.43. The largest absolute Gasteiger partial charge is 0.273 e. The molecule has 0 saturated heterocycles. The monoisotopic (exact) mass is 288 g/mol. The molecule has 20 heavy (non-hydrogen) atoms. The molecule has 0 aliphatic heterocycles. The SMILES string of the molecule is Cc1cc(C)cc(C(=O)NNC(=O)Cc2cccs2)c1. The van der Waals surface area contributed by atoms with Gasteiger partial charge in [0.1, 0.15) is 0 Å². The molecule has 1 aromatic heterocycles. The molecule has 2 aromatic rings. The Balaban J connectivity index is 1.90. The maximum Gasteiger partial charge on any atom is 0.269 e. The number of carbonyl (C=O) groups excluding carboxylic acids is 2. The minimum atomic E-state index is -0.309. The lowest BCUT2D eigenvalue weighted by molar-refractivity contribution is -0.121. The summed E-state index contributed by atoms with van der Waals surface area (Å²) in [7, 11) is 0. The van der Waals surface area contributed by atoms with Gasteiger partial charge in [0.15, 0.2) is 0 Å². The molecule has 0 bridgehead atoms. The average molecular weight is 288 g/mol. The lowest BCUT2D eigenvalue weighted by Crippen LogP contribution is -2.42. The molecule has 2 N–H and O–H groups in total. The van der Waals surface area contributed by atoms with Gasteiger partial charge in [-0.2, -0.15) is 0 Å². The van der Waals surface area contributed by atoms with Crippen LogP contribution in [0.3, 0.4) is 0 Å². The van der Waals surface area contributed by atoms with Gasteiger partial charge in [-0.1, -0.05) is 23.3 Å². The van der Waals surface area contributed by atoms with E-state index in [9.17, 15) is 9.59 Å². The minimum Gasteiger partial charge on any atom is -0.273 e. The molecule has 0 atom stereocenters. The molecule has 0 saturated carbocycles. The van der Waals surface area contributed by atoms with E-state index in [0.29, 0.717) is 5.56 Å². The molecule has 104 valence electrons. The molecule has 0 fully saturated rings. The topological polar surface area (TPSA) is 58.2 Å². The molecule has 1 heterocycles. The summed E-state index contributed by atoms with van der Waals surface area (Å²) in [6.45, 7) is 3.86. The second-order valence-corrected chi connectivity index (χ2v) is 5.67. The minimum absolute atomic E-state index is 0.231. The van der Waals surface area contributed by atoms with Gasteiger partial charge >= 0.3 is 0 Å². The van der Waals surface area contributed by atoms with Crippen molar-refractivity contribution >= 4 is 23.2 Å². The molecule has 4 nitrogen and oxygen atoms in total. The van der Waals surface area contributed by atoms with Crippen LogP contribution < -0.4 is 10.9 Å². The number of benzene rings is 1. The lowest BCUT2D eigenvalue weighted by Gasteiger charge is -2.08. The van der Waals surface area contributed by atoms with Gasteiger partial charge in [0.2, 0.25) is 5.91 Å². The Kier molecular flexibility index (Phi) is 4.53. The number of hydrazine groups is 1. The first-order chi connectivity index (χ1) is 9.54. The van der Waals surface area contributed by atoms with Crippen LogP contribution in [0.25, 0.3) is 0 Å². The smallest absolute Gasteiger partial charge is 0.269 e. The van der Waals surface area contributed by atoms with Crippen LogP contribution in [0.1, 0.15) is 26.4 Å². The van der Waals surface area contributed by atoms with Gasteiger partial charge in [-0.15, -0.1) is 11.3 Å². The summed E-state index contributed by atoms with van der Waals surface area (Å²) in [5.74, 6) is -0.540. The summed E-state index contributed by atoms with van der Waals surface area (Å²) in [4.78, 5) is 24.6. The molecular weight excluding hydrogens is 272 g/mol. The van der Waals surface area contributed by atoms with Crippen LogP contribution in [0.5, 0.6) is 0 Å². The number of carbonyl (C=O) groups is 2. The summed E-state index contributed by atoms with van der Waals surface area (Å²) in [5, 5.41) is 1.91. The van der Waals surface area contributed by atoms with E-state index >= 15 is 0 Å². The van der Waals surface area contributed by atoms with E-state index in [0.717, 1.165) is 16.0 Å². The van der Waals surface area contributed by atoms with Gasteiger partial charge in [0, 0.05) is 10.4 Å². The molecule has 0 unspecified atom stereocenters. The Morgan fingerprint density at radius 3 is 2.40 bits per heavy atom. The first-order valence-corrected chi connectivity index (χ1v) is 7.12. The van der Waals surface area contributed by atoms with E-state index in [4.69, 9.17) is 0 Å². The fourth-order valence-corrected chi connectivity index (χ4v) is 2.62. The second-order valence-electron chi connectivity index (χ2n) is 4.63. The third-order valence-corrected chi connectivity index (χ3v) is 3.59. The highest BCUT2D eigenvalue weighted by Crippen LogP contribution is 2.09. The predicted molar refractivity (Wildman–Crippen MR) is 79.5 cm³/mol. The van der Waals surface area contributed by atoms with E-state index in [-0.39, 0.29) is 18.2 Å². The summed E-state index contributed by atoms with van der Waals surface area (Å²) >= 11 is 1.51. The average Bonchev–Trinajstić information content (AvgIpc) is 2.87. The molecule has 0 radical (unpaired) electrons. The van der Waals surface area contributed by atoms with Crippen molar-refractivity contribution in [2.24, 2.45) is 0 Å². The van der Waals surface area contributed by atoms with E-state index in [2.05, 4.69) is 10.9 Å². The molecule has 0 aliphatic rings. The number of hydrogen-bond donors (Lipinski definition) is 2. The van der Waals surface area contributed by atoms with E-state index in [1.54, 1.807) is 12.1 Å². The number of nitrogens with one attached hydrogen (secondary N) is 2. The highest BCUT2D eigenvalue weighted by Gasteiger charge is 2.09. The van der Waals surface area contributed by atoms with Crippen molar-refractivity contribution in [1.29, 1.82) is 0 Å². The molecule has 2 rings (SSSR count). The van der Waals surface area contributed by atoms with Crippen molar-refractivity contribution in [3.05, 3.63) is 57.3 Å². The van der Waals surface area contributed by atoms with Crippen LogP contribution in [0.4, 0.5) is 0 Å². The number of amides is 2. The van der Waals surface area contributed by atoms with E-state index in [1.807, 2.05) is 37.4 Å². The Morgan fingerprint density at radius 2 is 1.80 bits per heavy atom. The Hall–Kier alpha value is -2.14. The molecule has 5 heteroatoms. The first kappa shape index (κ1) is 14.3. The van der Waals surface area contributed by atoms with Gasteiger partial charge in [0.25, 0.3) is 5.91 Å². The third kappa shape index (κ3) is 3.93. The standard InChI is InChI=1S/C15H16N2O2S/c1-10-6-11(2)8-12(7-10)15(19)17-16-14(18)9-13-4-3-5-20-13/h3-8H,9H2,1-2H3,(H,16,18)(H,17,19). The summed E-state index contributed by atoms with van der Waals surface area (Å²) in [6.07, 6.45) is 0.269. The number of thiophene rings is 1. The first-order valence-electron chi connectivity index (χ1n) is 6.24. The van der Waals surface area contributed by atoms with Crippen LogP contribution in [-0.4, -0.2) is 11.8 Å². The maximum atomic E-state index is 11.9. The van der Waals surface area contributed by atoms with Crippen LogP contribution in [0.15, 0.2) is 35.7 Å². The van der Waals surface area contributed by atoms with Crippen molar-refractivity contribution < 1.29 is 9.59 Å². The van der Waals surface area contributed by atoms with Crippen LogP contribution >= 0.6 is 11.3 Å². The van der Waals surface area contributed by atoms with Gasteiger partial charge in [-0.3, -0.25) is 20.4 Å². The van der Waals surface area contributed by atoms with Crippen molar-refractivity contribution in [2.45, 2.75) is 20.3 Å². The highest BCUT2D eigenvalue weighted by molar-refractivity contribution is 7.10. The molecule has 1 aromatic carbocycles. The predicted octanol–water partition coefficient (Wildman–Crippen LogP) is 2.37. The fraction of sp³-hybridized carbons (Fsp3) is 0.200. The van der Waals surface area contributed by atoms with Crippen molar-refractivity contribution in [3.8, 4) is 0 Å². The summed E-state index contributed by atoms with van der Waals surface area (Å²) in [6, 6.07) is 9.34. The van der Waals surface area contributed by atoms with Crippen molar-refractivity contribution in [2.75, 3.05) is 0 Å². The Labute approximate surface area is 121 Å². The van der Waals surface area contributed by atoms with E-state index < -0.39 is 0 Å². The molecule has 2 amide bonds. The van der Waals surface area contributed by atoms with Crippen molar-refractivity contribution in [3.63, 3.8) is 0 Å². The quantitative estimate of drug-likeness (QED) is 0.852. The zero-order valence-corrected chi connectivity index (χ0v) is 12.2. The second kappa shape index (κ2) is 6.34. The van der Waals surface area contributed by atoms with Gasteiger partial charge in [-0.25, -0.2) is 0 Å². The van der Waals surface area contributed by atoms with Gasteiger partial charge in [-0.05, 0) is 37.4 Å². The zero-order valence-electron chi connectivity index (χ0n) is 11.4. The van der Waals surface area contributed by atoms with Crippen LogP contribution in [-0.2, 0) is 11.2 Å². The number of rotatable bonds is 3. The molecule has 0 spiro atoms. The molecule has 0 aliphatic carbocycles. The summed E-state index contributed by atoms with van der Waals surface area (Å²) < 4.78 is 0. The lowest BCUT2D eigenvalue weighted by atomic mass is 10.1. The zero-order chi connectivity index (χ0) is 14.5. The normalized spacial score (nSPS) is 10.1. The maximum absolute atomic E-state index is 11.9. The van der Waals surface area contributed by atoms with Gasteiger partial charge in [0.05, 0.1) is 6.42 Å². The Morgan fingerprint density at radius 1 is 1.10 bits per heavy atom. The van der Waals surface area contributed by atoms with Crippen LogP contribution in [0.2, 0.25) is 0 Å².